The Morgan fingerprint density at radius 3 is 1.50 bits per heavy atom. The molecule has 0 aromatic heterocycles. The van der Waals surface area contributed by atoms with Crippen molar-refractivity contribution in [1.29, 1.82) is 0 Å². The van der Waals surface area contributed by atoms with Crippen LogP contribution in [0.1, 0.15) is 116 Å². The van der Waals surface area contributed by atoms with E-state index in [9.17, 15) is 61.5 Å². The number of alkyl carbamates (subject to hydrolysis) is 2. The molecule has 2 aliphatic rings. The smallest absolute Gasteiger partial charge is 0.415 e. The quantitative estimate of drug-likeness (QED) is 0.0148. The van der Waals surface area contributed by atoms with Crippen molar-refractivity contribution in [1.82, 2.24) is 26.6 Å². The van der Waals surface area contributed by atoms with Gasteiger partial charge in [0, 0.05) is 50.2 Å². The van der Waals surface area contributed by atoms with Gasteiger partial charge in [-0.2, -0.15) is 0 Å². The summed E-state index contributed by atoms with van der Waals surface area (Å²) in [5.74, 6) is -6.89. The molecule has 2 heterocycles. The molecule has 456 valence electrons. The Labute approximate surface area is 460 Å². The number of nitrogens with zero attached hydrogens (tertiary/aromatic N) is 6. The van der Waals surface area contributed by atoms with Crippen LogP contribution in [0.4, 0.5) is 18.4 Å². The van der Waals surface area contributed by atoms with Crippen LogP contribution in [0.3, 0.4) is 0 Å². The van der Waals surface area contributed by atoms with Crippen molar-refractivity contribution in [3.63, 3.8) is 0 Å². The molecule has 0 aromatic carbocycles. The van der Waals surface area contributed by atoms with E-state index in [4.69, 9.17) is 39.9 Å². The minimum Gasteiger partial charge on any atom is -0.544 e. The van der Waals surface area contributed by atoms with Crippen LogP contribution in [0.15, 0.2) is 10.2 Å². The minimum absolute atomic E-state index is 0.109. The molecule has 80 heavy (non-hydrogen) atoms. The standard InChI is InChI=1S/C20H36N6O6.C9H13NO5.C7H11NO3.C4H10N4O.C4H6O3.C2H2F2O2/c1-13(2)11-15(24-14(3)27)19(30)25-16(12-17(28)32-20(4,5)6)18(29)22-7-9-31-10-8-23-26-21;1-9(2,3)15-6(11)4-5-7(12)14-8(13)10-5;1-4(2)3-5-6(9)11-7(10)8-5;5-1-3-9-4-2-7-8-6;1-3(5)7-4(2)6;3-1(4)2(5)6/h13,15-16H,7-12H2,1-6H3,(H,22,29)(H,24,27)(H,25,30);5H,4H2,1-3H3,(H,10,13);4-5H,3H2,1-2H3,(H,8,10);1-5H2;1-2H3;1H,(H,5,6)/t15-,16-;2*5-;;;/m001.../s1. The summed E-state index contributed by atoms with van der Waals surface area (Å²) in [6.45, 7) is 24.6. The molecule has 0 aliphatic carbocycles. The number of carbonyl (C=O) groups is 12. The Hall–Kier alpha value is -7.80. The van der Waals surface area contributed by atoms with Gasteiger partial charge in [0.05, 0.1) is 45.8 Å². The third-order valence-electron chi connectivity index (χ3n) is 7.96. The Morgan fingerprint density at radius 1 is 0.700 bits per heavy atom. The summed E-state index contributed by atoms with van der Waals surface area (Å²) >= 11 is 0. The summed E-state index contributed by atoms with van der Waals surface area (Å²) in [7, 11) is 0. The second-order valence-electron chi connectivity index (χ2n) is 18.9. The van der Waals surface area contributed by atoms with Gasteiger partial charge >= 0.3 is 48.0 Å². The number of cyclic esters (lactones) is 4. The highest BCUT2D eigenvalue weighted by molar-refractivity contribution is 5.98. The van der Waals surface area contributed by atoms with Crippen molar-refractivity contribution in [2.75, 3.05) is 52.6 Å². The molecule has 0 bridgehead atoms. The molecule has 0 radical (unpaired) electrons. The van der Waals surface area contributed by atoms with Crippen molar-refractivity contribution in [3.8, 4) is 0 Å². The predicted molar refractivity (Wildman–Crippen MR) is 270 cm³/mol. The number of nitrogens with one attached hydrogen (secondary N) is 5. The number of esters is 6. The van der Waals surface area contributed by atoms with E-state index < -0.39 is 108 Å². The number of hydrogen-bond donors (Lipinski definition) is 6. The van der Waals surface area contributed by atoms with Gasteiger partial charge < -0.3 is 75.4 Å². The van der Waals surface area contributed by atoms with Crippen molar-refractivity contribution in [2.45, 2.75) is 157 Å². The van der Waals surface area contributed by atoms with Crippen LogP contribution >= 0.6 is 0 Å². The fourth-order valence-electron chi connectivity index (χ4n) is 5.26. The third-order valence-corrected chi connectivity index (χ3v) is 7.96. The molecule has 0 saturated carbocycles. The second-order valence-corrected chi connectivity index (χ2v) is 18.9. The summed E-state index contributed by atoms with van der Waals surface area (Å²) in [4.78, 5) is 137. The number of alkyl halides is 2. The average Bonchev–Trinajstić information content (AvgIpc) is 3.79. The molecular formula is C46H78F2N12O20. The van der Waals surface area contributed by atoms with Crippen LogP contribution < -0.4 is 37.4 Å². The maximum absolute atomic E-state index is 12.8. The van der Waals surface area contributed by atoms with E-state index in [0.29, 0.717) is 38.5 Å². The molecule has 4 atom stereocenters. The van der Waals surface area contributed by atoms with E-state index in [1.54, 1.807) is 41.5 Å². The summed E-state index contributed by atoms with van der Waals surface area (Å²) < 4.78 is 53.9. The summed E-state index contributed by atoms with van der Waals surface area (Å²) in [5.41, 5.74) is 18.2. The molecule has 32 nitrogen and oxygen atoms in total. The van der Waals surface area contributed by atoms with Gasteiger partial charge in [-0.1, -0.05) is 37.9 Å². The van der Waals surface area contributed by atoms with E-state index in [-0.39, 0.29) is 51.0 Å². The second kappa shape index (κ2) is 44.1. The number of quaternary nitrogens is 1. The van der Waals surface area contributed by atoms with Crippen LogP contribution in [0.25, 0.3) is 20.9 Å². The minimum atomic E-state index is -3.34. The number of amides is 5. The first-order chi connectivity index (χ1) is 36.9. The van der Waals surface area contributed by atoms with Crippen LogP contribution in [-0.4, -0.2) is 166 Å². The number of carboxylic acid groups (broad SMARTS) is 1. The highest BCUT2D eigenvalue weighted by Crippen LogP contribution is 2.14. The molecular weight excluding hydrogens is 1080 g/mol. The topological polar surface area (TPSA) is 478 Å². The number of carboxylic acids is 1. The van der Waals surface area contributed by atoms with Gasteiger partial charge in [-0.3, -0.25) is 33.6 Å². The van der Waals surface area contributed by atoms with Gasteiger partial charge in [0.15, 0.2) is 0 Å². The number of halogens is 2. The molecule has 2 rings (SSSR count). The molecule has 2 fully saturated rings. The summed E-state index contributed by atoms with van der Waals surface area (Å²) in [5, 5.41) is 27.8. The van der Waals surface area contributed by atoms with Crippen LogP contribution in [0.2, 0.25) is 0 Å². The molecule has 5 amide bonds. The highest BCUT2D eigenvalue weighted by atomic mass is 19.3. The van der Waals surface area contributed by atoms with Crippen LogP contribution in [-0.2, 0) is 81.1 Å². The Balaban J connectivity index is -0.000000493. The Morgan fingerprint density at radius 2 is 1.15 bits per heavy atom. The van der Waals surface area contributed by atoms with E-state index in [0.717, 1.165) is 6.54 Å². The number of aliphatic carboxylic acids is 1. The van der Waals surface area contributed by atoms with Crippen LogP contribution in [0, 0.1) is 11.8 Å². The average molecular weight is 1160 g/mol. The fraction of sp³-hybridized carbons (Fsp3) is 0.739. The maximum Gasteiger partial charge on any atom is 0.415 e. The molecule has 0 spiro atoms. The van der Waals surface area contributed by atoms with E-state index in [1.165, 1.54) is 20.8 Å². The lowest BCUT2D eigenvalue weighted by molar-refractivity contribution is -0.374. The first-order valence-electron chi connectivity index (χ1n) is 24.4. The van der Waals surface area contributed by atoms with E-state index in [2.05, 4.69) is 66.6 Å². The fourth-order valence-corrected chi connectivity index (χ4v) is 5.26. The zero-order valence-corrected chi connectivity index (χ0v) is 47.3. The highest BCUT2D eigenvalue weighted by Gasteiger charge is 2.36. The van der Waals surface area contributed by atoms with Gasteiger partial charge in [0.25, 0.3) is 6.43 Å². The van der Waals surface area contributed by atoms with Gasteiger partial charge in [-0.25, -0.2) is 28.0 Å². The van der Waals surface area contributed by atoms with Crippen molar-refractivity contribution in [2.24, 2.45) is 22.1 Å². The van der Waals surface area contributed by atoms with Crippen molar-refractivity contribution in [3.05, 3.63) is 20.9 Å². The largest absolute Gasteiger partial charge is 0.544 e. The zero-order chi connectivity index (χ0) is 62.8. The number of carbonyl (C=O) groups excluding carboxylic acids is 12. The summed E-state index contributed by atoms with van der Waals surface area (Å²) in [6, 6.07) is -3.38. The number of rotatable bonds is 24. The van der Waals surface area contributed by atoms with Gasteiger partial charge in [-0.15, -0.1) is 0 Å². The zero-order valence-electron chi connectivity index (χ0n) is 47.3. The molecule has 8 N–H and O–H groups in total. The number of ether oxygens (including phenoxy) is 7. The predicted octanol–water partition coefficient (Wildman–Crippen LogP) is 0.870. The SMILES string of the molecule is CC(=O)N[C@@H](CC(C)C)C(=O)N[C@@H](CC(=O)OC(C)(C)C)C(=O)NCCOCCN=[N+]=[N-].CC(=O)OC(C)=O.CC(C)(C)OC(=O)C[C@@H]1NC(=O)OC1=O.CC(C)C[C@H]1NC(=O)OC1=O.O=C([O-])C(F)F.[N-]=[N+]=NCCOCC[NH3+]. The third kappa shape index (κ3) is 51.0. The Bertz CT molecular complexity index is 2100. The first kappa shape index (κ1) is 78.7. The molecule has 0 unspecified atom stereocenters. The number of azide groups is 2. The van der Waals surface area contributed by atoms with Gasteiger partial charge in [-0.05, 0) is 77.3 Å². The lowest BCUT2D eigenvalue weighted by Crippen LogP contribution is -2.54. The maximum atomic E-state index is 12.8. The molecule has 2 saturated heterocycles. The van der Waals surface area contributed by atoms with Crippen molar-refractivity contribution < 1.29 is 110 Å². The normalized spacial score (nSPS) is 14.6. The first-order valence-corrected chi connectivity index (χ1v) is 24.4. The van der Waals surface area contributed by atoms with Crippen molar-refractivity contribution >= 4 is 71.7 Å². The van der Waals surface area contributed by atoms with Gasteiger partial charge in [0.1, 0.15) is 41.3 Å². The Kier molecular flexibility index (Phi) is 43.4. The molecule has 0 aromatic rings. The summed E-state index contributed by atoms with van der Waals surface area (Å²) in [6.07, 6.45) is -4.36. The number of hydrogen-bond acceptors (Lipinski definition) is 22. The van der Waals surface area contributed by atoms with E-state index >= 15 is 0 Å². The van der Waals surface area contributed by atoms with Gasteiger partial charge in [0.2, 0.25) is 17.7 Å². The lowest BCUT2D eigenvalue weighted by atomic mass is 10.0. The monoisotopic (exact) mass is 1160 g/mol. The lowest BCUT2D eigenvalue weighted by Gasteiger charge is -2.25. The van der Waals surface area contributed by atoms with E-state index in [1.807, 2.05) is 27.7 Å². The molecule has 2 aliphatic heterocycles. The molecule has 34 heteroatoms. The van der Waals surface area contributed by atoms with Crippen LogP contribution in [0.5, 0.6) is 0 Å².